The van der Waals surface area contributed by atoms with Crippen molar-refractivity contribution < 1.29 is 9.18 Å². The first kappa shape index (κ1) is 15.3. The lowest BCUT2D eigenvalue weighted by molar-refractivity contribution is -0.124. The molecule has 1 N–H and O–H groups in total. The van der Waals surface area contributed by atoms with Gasteiger partial charge in [-0.05, 0) is 37.5 Å². The van der Waals surface area contributed by atoms with Gasteiger partial charge in [0, 0.05) is 5.56 Å². The molecule has 0 bridgehead atoms. The summed E-state index contributed by atoms with van der Waals surface area (Å²) >= 11 is 1.45. The monoisotopic (exact) mass is 340 g/mol. The number of carbonyl (C=O) groups is 1. The number of rotatable bonds is 3. The van der Waals surface area contributed by atoms with E-state index in [0.717, 1.165) is 22.2 Å². The number of thiazole rings is 1. The number of anilines is 1. The zero-order valence-electron chi connectivity index (χ0n) is 13.3. The van der Waals surface area contributed by atoms with E-state index in [1.165, 1.54) is 17.4 Å². The molecule has 0 saturated heterocycles. The first-order valence-electron chi connectivity index (χ1n) is 8.03. The first-order chi connectivity index (χ1) is 11.6. The van der Waals surface area contributed by atoms with E-state index >= 15 is 0 Å². The van der Waals surface area contributed by atoms with Gasteiger partial charge in [-0.25, -0.2) is 9.37 Å². The molecule has 0 atom stereocenters. The maximum absolute atomic E-state index is 14.2. The van der Waals surface area contributed by atoms with Crippen LogP contribution in [0.4, 0.5) is 9.52 Å². The number of nitrogens with zero attached hydrogens (tertiary/aromatic N) is 1. The average molecular weight is 340 g/mol. The molecule has 3 aromatic rings. The number of fused-ring (bicyclic) bond motifs is 1. The standard InChI is InChI=1S/C19H17FN2OS/c1-12-6-4-9-15-16(12)21-18(24-15)22-17(23)19(10-5-11-19)13-7-2-3-8-14(13)20/h2-4,6-9H,5,10-11H2,1H3,(H,21,22,23). The number of carbonyl (C=O) groups excluding carboxylic acids is 1. The summed E-state index contributed by atoms with van der Waals surface area (Å²) in [7, 11) is 0. The topological polar surface area (TPSA) is 42.0 Å². The van der Waals surface area contributed by atoms with Crippen molar-refractivity contribution in [3.63, 3.8) is 0 Å². The second kappa shape index (κ2) is 5.67. The van der Waals surface area contributed by atoms with Crippen molar-refractivity contribution in [3.05, 3.63) is 59.4 Å². The number of hydrogen-bond acceptors (Lipinski definition) is 3. The zero-order chi connectivity index (χ0) is 16.7. The highest BCUT2D eigenvalue weighted by molar-refractivity contribution is 7.22. The minimum Gasteiger partial charge on any atom is -0.301 e. The predicted molar refractivity (Wildman–Crippen MR) is 94.9 cm³/mol. The lowest BCUT2D eigenvalue weighted by Crippen LogP contribution is -2.46. The Kier molecular flexibility index (Phi) is 3.61. The van der Waals surface area contributed by atoms with Gasteiger partial charge >= 0.3 is 0 Å². The molecule has 122 valence electrons. The number of para-hydroxylation sites is 1. The van der Waals surface area contributed by atoms with Crippen molar-refractivity contribution in [1.29, 1.82) is 0 Å². The predicted octanol–water partition coefficient (Wildman–Crippen LogP) is 4.80. The molecular formula is C19H17FN2OS. The Morgan fingerprint density at radius 2 is 2.00 bits per heavy atom. The summed E-state index contributed by atoms with van der Waals surface area (Å²) in [4.78, 5) is 17.5. The van der Waals surface area contributed by atoms with Crippen LogP contribution in [-0.4, -0.2) is 10.9 Å². The normalized spacial score (nSPS) is 15.9. The van der Waals surface area contributed by atoms with Crippen molar-refractivity contribution >= 4 is 32.6 Å². The number of nitrogens with one attached hydrogen (secondary N) is 1. The third-order valence-corrected chi connectivity index (χ3v) is 5.81. The Morgan fingerprint density at radius 3 is 2.67 bits per heavy atom. The van der Waals surface area contributed by atoms with Crippen molar-refractivity contribution in [2.45, 2.75) is 31.6 Å². The van der Waals surface area contributed by atoms with Crippen LogP contribution in [0.1, 0.15) is 30.4 Å². The molecule has 3 nitrogen and oxygen atoms in total. The summed E-state index contributed by atoms with van der Waals surface area (Å²) in [6.45, 7) is 2.00. The number of amides is 1. The summed E-state index contributed by atoms with van der Waals surface area (Å²) in [5.74, 6) is -0.469. The molecule has 5 heteroatoms. The Morgan fingerprint density at radius 1 is 1.21 bits per heavy atom. The molecule has 1 amide bonds. The van der Waals surface area contributed by atoms with Gasteiger partial charge in [0.2, 0.25) is 5.91 Å². The van der Waals surface area contributed by atoms with Crippen LogP contribution in [0.15, 0.2) is 42.5 Å². The fourth-order valence-corrected chi connectivity index (χ4v) is 4.29. The quantitative estimate of drug-likeness (QED) is 0.744. The number of halogens is 1. The lowest BCUT2D eigenvalue weighted by atomic mass is 9.63. The van der Waals surface area contributed by atoms with Crippen LogP contribution < -0.4 is 5.32 Å². The van der Waals surface area contributed by atoms with Crippen LogP contribution in [0.25, 0.3) is 10.2 Å². The third-order valence-electron chi connectivity index (χ3n) is 4.87. The number of aromatic nitrogens is 1. The van der Waals surface area contributed by atoms with Gasteiger partial charge in [0.05, 0.1) is 15.6 Å². The molecule has 1 heterocycles. The van der Waals surface area contributed by atoms with Gasteiger partial charge in [-0.1, -0.05) is 48.1 Å². The molecule has 1 aliphatic carbocycles. The minimum atomic E-state index is -0.766. The van der Waals surface area contributed by atoms with Gasteiger partial charge in [0.25, 0.3) is 0 Å². The van der Waals surface area contributed by atoms with Gasteiger partial charge in [-0.15, -0.1) is 0 Å². The number of benzene rings is 2. The van der Waals surface area contributed by atoms with E-state index in [4.69, 9.17) is 0 Å². The van der Waals surface area contributed by atoms with Crippen LogP contribution in [0.2, 0.25) is 0 Å². The molecule has 0 spiro atoms. The molecule has 1 saturated carbocycles. The number of aryl methyl sites for hydroxylation is 1. The molecule has 4 rings (SSSR count). The van der Waals surface area contributed by atoms with Crippen LogP contribution in [0.5, 0.6) is 0 Å². The molecule has 1 aliphatic rings. The smallest absolute Gasteiger partial charge is 0.236 e. The van der Waals surface area contributed by atoms with Crippen LogP contribution in [0.3, 0.4) is 0 Å². The van der Waals surface area contributed by atoms with Crippen LogP contribution in [-0.2, 0) is 10.2 Å². The first-order valence-corrected chi connectivity index (χ1v) is 8.84. The van der Waals surface area contributed by atoms with E-state index in [-0.39, 0.29) is 11.7 Å². The van der Waals surface area contributed by atoms with Gasteiger partial charge in [-0.2, -0.15) is 0 Å². The minimum absolute atomic E-state index is 0.157. The molecule has 1 aromatic heterocycles. The Labute approximate surface area is 143 Å². The molecule has 2 aromatic carbocycles. The summed E-state index contributed by atoms with van der Waals surface area (Å²) < 4.78 is 15.3. The summed E-state index contributed by atoms with van der Waals surface area (Å²) in [5, 5.41) is 3.50. The molecular weight excluding hydrogens is 323 g/mol. The van der Waals surface area contributed by atoms with E-state index < -0.39 is 5.41 Å². The third kappa shape index (κ3) is 2.31. The highest BCUT2D eigenvalue weighted by Gasteiger charge is 2.47. The molecule has 0 aliphatic heterocycles. The second-order valence-corrected chi connectivity index (χ2v) is 7.34. The van der Waals surface area contributed by atoms with E-state index in [9.17, 15) is 9.18 Å². The summed E-state index contributed by atoms with van der Waals surface area (Å²) in [6.07, 6.45) is 2.27. The highest BCUT2D eigenvalue weighted by Crippen LogP contribution is 2.45. The van der Waals surface area contributed by atoms with E-state index in [1.54, 1.807) is 18.2 Å². The van der Waals surface area contributed by atoms with Crippen LogP contribution >= 0.6 is 11.3 Å². The largest absolute Gasteiger partial charge is 0.301 e. The van der Waals surface area contributed by atoms with E-state index in [0.29, 0.717) is 23.5 Å². The van der Waals surface area contributed by atoms with Crippen molar-refractivity contribution in [2.24, 2.45) is 0 Å². The maximum atomic E-state index is 14.2. The van der Waals surface area contributed by atoms with Gasteiger partial charge in [0.1, 0.15) is 5.82 Å². The molecule has 24 heavy (non-hydrogen) atoms. The fourth-order valence-electron chi connectivity index (χ4n) is 3.35. The van der Waals surface area contributed by atoms with Crippen molar-refractivity contribution in [3.8, 4) is 0 Å². The van der Waals surface area contributed by atoms with E-state index in [2.05, 4.69) is 10.3 Å². The Hall–Kier alpha value is -2.27. The fraction of sp³-hybridized carbons (Fsp3) is 0.263. The molecule has 1 fully saturated rings. The second-order valence-electron chi connectivity index (χ2n) is 6.31. The number of hydrogen-bond donors (Lipinski definition) is 1. The van der Waals surface area contributed by atoms with Crippen molar-refractivity contribution in [1.82, 2.24) is 4.98 Å². The Balaban J connectivity index is 1.67. The van der Waals surface area contributed by atoms with Gasteiger partial charge < -0.3 is 5.32 Å². The van der Waals surface area contributed by atoms with Gasteiger partial charge in [0.15, 0.2) is 5.13 Å². The maximum Gasteiger partial charge on any atom is 0.236 e. The molecule has 0 radical (unpaired) electrons. The molecule has 0 unspecified atom stereocenters. The Bertz CT molecular complexity index is 930. The lowest BCUT2D eigenvalue weighted by Gasteiger charge is -2.40. The highest BCUT2D eigenvalue weighted by atomic mass is 32.1. The van der Waals surface area contributed by atoms with Gasteiger partial charge in [-0.3, -0.25) is 4.79 Å². The van der Waals surface area contributed by atoms with Crippen molar-refractivity contribution in [2.75, 3.05) is 5.32 Å². The SMILES string of the molecule is Cc1cccc2sc(NC(=O)C3(c4ccccc4F)CCC3)nc12. The average Bonchev–Trinajstić information content (AvgIpc) is 2.92. The summed E-state index contributed by atoms with van der Waals surface area (Å²) in [5.41, 5.74) is 1.72. The summed E-state index contributed by atoms with van der Waals surface area (Å²) in [6, 6.07) is 12.5. The van der Waals surface area contributed by atoms with E-state index in [1.807, 2.05) is 25.1 Å². The zero-order valence-corrected chi connectivity index (χ0v) is 14.1. The van der Waals surface area contributed by atoms with Crippen LogP contribution in [0, 0.1) is 12.7 Å².